The summed E-state index contributed by atoms with van der Waals surface area (Å²) in [6.07, 6.45) is 6.15. The fraction of sp³-hybridized carbons (Fsp3) is 0.394. The number of nitrogens with one attached hydrogen (secondary N) is 1. The summed E-state index contributed by atoms with van der Waals surface area (Å²) in [4.78, 5) is 43.3. The number of carbonyl (C=O) groups is 3. The molecule has 5 N–H and O–H groups in total. The van der Waals surface area contributed by atoms with Gasteiger partial charge in [0.1, 0.15) is 23.8 Å². The zero-order valence-corrected chi connectivity index (χ0v) is 26.7. The SMILES string of the molecule is C.CC(=O)NC[C@H]1CN(c2ccc(C3(CN)CC3)c(F)c2)C(=O)O1.NCc1cn(-c2ccc(N3CC(Cn4nccn4)OC3=O)cc2F)cn1. The van der Waals surface area contributed by atoms with Crippen LogP contribution in [0.1, 0.15) is 38.4 Å². The van der Waals surface area contributed by atoms with Crippen LogP contribution in [-0.4, -0.2) is 81.0 Å². The molecule has 1 unspecified atom stereocenters. The quantitative estimate of drug-likeness (QED) is 0.223. The monoisotopic (exact) mass is 694 g/mol. The topological polar surface area (TPSA) is 189 Å². The Morgan fingerprint density at radius 3 is 2.14 bits per heavy atom. The number of halogens is 2. The normalized spacial score (nSPS) is 18.9. The average Bonchev–Trinajstić information content (AvgIpc) is 3.50. The minimum absolute atomic E-state index is 0. The molecule has 0 radical (unpaired) electrons. The highest BCUT2D eigenvalue weighted by Crippen LogP contribution is 2.48. The van der Waals surface area contributed by atoms with Crippen molar-refractivity contribution in [3.05, 3.63) is 84.2 Å². The fourth-order valence-corrected chi connectivity index (χ4v) is 5.75. The lowest BCUT2D eigenvalue weighted by Crippen LogP contribution is -2.33. The van der Waals surface area contributed by atoms with Crippen LogP contribution >= 0.6 is 0 Å². The van der Waals surface area contributed by atoms with Crippen molar-refractivity contribution in [2.45, 2.75) is 57.9 Å². The number of aromatic nitrogens is 5. The Hall–Kier alpha value is -5.42. The highest BCUT2D eigenvalue weighted by atomic mass is 19.1. The largest absolute Gasteiger partial charge is 0.442 e. The molecule has 3 amide bonds. The second-order valence-electron chi connectivity index (χ2n) is 12.0. The molecule has 0 bridgehead atoms. The fourth-order valence-electron chi connectivity index (χ4n) is 5.75. The number of nitrogens with two attached hydrogens (primary N) is 2. The number of carbonyl (C=O) groups excluding carboxylic acids is 3. The smallest absolute Gasteiger partial charge is 0.414 e. The molecule has 1 saturated carbocycles. The van der Waals surface area contributed by atoms with E-state index in [2.05, 4.69) is 20.5 Å². The van der Waals surface area contributed by atoms with Crippen LogP contribution in [0.5, 0.6) is 0 Å². The van der Waals surface area contributed by atoms with Crippen LogP contribution in [0, 0.1) is 11.6 Å². The number of amides is 3. The summed E-state index contributed by atoms with van der Waals surface area (Å²) in [6, 6.07) is 9.33. The van der Waals surface area contributed by atoms with E-state index in [1.54, 1.807) is 47.4 Å². The Balaban J connectivity index is 0.000000192. The third-order valence-electron chi connectivity index (χ3n) is 8.61. The van der Waals surface area contributed by atoms with Crippen molar-refractivity contribution in [3.8, 4) is 5.69 Å². The van der Waals surface area contributed by atoms with E-state index in [9.17, 15) is 23.2 Å². The zero-order chi connectivity index (χ0) is 34.7. The Bertz CT molecular complexity index is 1830. The van der Waals surface area contributed by atoms with E-state index in [1.165, 1.54) is 40.0 Å². The summed E-state index contributed by atoms with van der Waals surface area (Å²) in [5, 5.41) is 10.6. The number of anilines is 2. The number of benzene rings is 2. The van der Waals surface area contributed by atoms with Crippen LogP contribution in [0.25, 0.3) is 5.69 Å². The van der Waals surface area contributed by atoms with Crippen molar-refractivity contribution in [1.82, 2.24) is 29.9 Å². The van der Waals surface area contributed by atoms with Crippen LogP contribution in [0.2, 0.25) is 0 Å². The van der Waals surface area contributed by atoms with Gasteiger partial charge < -0.3 is 30.8 Å². The summed E-state index contributed by atoms with van der Waals surface area (Å²) in [6.45, 7) is 3.25. The predicted molar refractivity (Wildman–Crippen MR) is 178 cm³/mol. The number of cyclic esters (lactones) is 2. The molecule has 2 atom stereocenters. The second kappa shape index (κ2) is 15.0. The van der Waals surface area contributed by atoms with E-state index in [4.69, 9.17) is 20.9 Å². The van der Waals surface area contributed by atoms with Gasteiger partial charge in [0.15, 0.2) is 0 Å². The Morgan fingerprint density at radius 2 is 1.58 bits per heavy atom. The third kappa shape index (κ3) is 7.73. The molecule has 2 aliphatic heterocycles. The van der Waals surface area contributed by atoms with Gasteiger partial charge in [0.05, 0.1) is 67.7 Å². The number of nitrogens with zero attached hydrogens (tertiary/aromatic N) is 7. The van der Waals surface area contributed by atoms with Crippen molar-refractivity contribution >= 4 is 29.5 Å². The van der Waals surface area contributed by atoms with Crippen molar-refractivity contribution < 1.29 is 32.6 Å². The summed E-state index contributed by atoms with van der Waals surface area (Å²) in [7, 11) is 0. The van der Waals surface area contributed by atoms with Gasteiger partial charge in [0.2, 0.25) is 5.91 Å². The van der Waals surface area contributed by atoms with Gasteiger partial charge in [0.25, 0.3) is 0 Å². The molecule has 2 saturated heterocycles. The molecular weight excluding hydrogens is 654 g/mol. The Morgan fingerprint density at radius 1 is 0.960 bits per heavy atom. The van der Waals surface area contributed by atoms with Gasteiger partial charge in [-0.15, -0.1) is 0 Å². The molecule has 0 spiro atoms. The number of ether oxygens (including phenoxy) is 2. The first kappa shape index (κ1) is 35.9. The van der Waals surface area contributed by atoms with Crippen molar-refractivity contribution in [2.24, 2.45) is 11.5 Å². The summed E-state index contributed by atoms with van der Waals surface area (Å²) in [5.41, 5.74) is 13.5. The molecule has 266 valence electrons. The van der Waals surface area contributed by atoms with Crippen LogP contribution in [0.15, 0.2) is 61.3 Å². The van der Waals surface area contributed by atoms with E-state index in [0.29, 0.717) is 48.0 Å². The molecular formula is C33H40F2N10O5. The van der Waals surface area contributed by atoms with Gasteiger partial charge in [-0.05, 0) is 48.7 Å². The van der Waals surface area contributed by atoms with Gasteiger partial charge in [0, 0.05) is 31.6 Å². The standard InChI is InChI=1S/C16H16FN7O2.C16H20FN3O3.CH4/c17-14-5-12(1-2-15(14)22-7-11(6-18)19-10-22)23-8-13(26-16(23)25)9-24-20-3-4-21-24;1-10(21)19-7-12-8-20(15(22)23-12)11-2-3-13(14(17)6-11)16(9-18)4-5-16;/h1-5,7,10,13H,6,8-9,18H2;2-3,6,12H,4-5,7-9,18H2,1H3,(H,19,21);1H4/t;12-;/m.0./s1. The first-order valence-electron chi connectivity index (χ1n) is 15.7. The number of hydrogen-bond donors (Lipinski definition) is 3. The van der Waals surface area contributed by atoms with Crippen molar-refractivity contribution in [2.75, 3.05) is 36.0 Å². The molecule has 15 nitrogen and oxygen atoms in total. The lowest BCUT2D eigenvalue weighted by atomic mass is 9.95. The third-order valence-corrected chi connectivity index (χ3v) is 8.61. The Labute approximate surface area is 287 Å². The van der Waals surface area contributed by atoms with Gasteiger partial charge in [-0.3, -0.25) is 14.6 Å². The zero-order valence-electron chi connectivity index (χ0n) is 26.7. The first-order valence-corrected chi connectivity index (χ1v) is 15.7. The molecule has 1 aliphatic carbocycles. The van der Waals surface area contributed by atoms with E-state index >= 15 is 0 Å². The molecule has 2 aromatic carbocycles. The van der Waals surface area contributed by atoms with Crippen LogP contribution < -0.4 is 26.6 Å². The molecule has 2 aromatic heterocycles. The number of hydrogen-bond acceptors (Lipinski definition) is 10. The highest BCUT2D eigenvalue weighted by Gasteiger charge is 2.45. The van der Waals surface area contributed by atoms with E-state index < -0.39 is 30.2 Å². The van der Waals surface area contributed by atoms with Crippen LogP contribution in [0.3, 0.4) is 0 Å². The van der Waals surface area contributed by atoms with Gasteiger partial charge in [-0.2, -0.15) is 15.0 Å². The molecule has 3 fully saturated rings. The number of imidazole rings is 1. The number of rotatable bonds is 10. The van der Waals surface area contributed by atoms with E-state index in [-0.39, 0.29) is 44.2 Å². The maximum Gasteiger partial charge on any atom is 0.414 e. The summed E-state index contributed by atoms with van der Waals surface area (Å²) >= 11 is 0. The van der Waals surface area contributed by atoms with Crippen molar-refractivity contribution in [3.63, 3.8) is 0 Å². The van der Waals surface area contributed by atoms with E-state index in [1.807, 2.05) is 0 Å². The summed E-state index contributed by atoms with van der Waals surface area (Å²) < 4.78 is 41.0. The van der Waals surface area contributed by atoms with Gasteiger partial charge in [-0.1, -0.05) is 13.5 Å². The first-order chi connectivity index (χ1) is 23.6. The Kier molecular flexibility index (Phi) is 10.8. The molecule has 4 aromatic rings. The van der Waals surface area contributed by atoms with Gasteiger partial charge in [-0.25, -0.2) is 23.4 Å². The van der Waals surface area contributed by atoms with Crippen molar-refractivity contribution in [1.29, 1.82) is 0 Å². The molecule has 17 heteroatoms. The molecule has 50 heavy (non-hydrogen) atoms. The molecule has 7 rings (SSSR count). The second-order valence-corrected chi connectivity index (χ2v) is 12.0. The maximum atomic E-state index is 14.5. The predicted octanol–water partition coefficient (Wildman–Crippen LogP) is 3.00. The minimum atomic E-state index is -0.535. The molecule has 3 aliphatic rings. The van der Waals surface area contributed by atoms with Crippen LogP contribution in [0.4, 0.5) is 29.7 Å². The minimum Gasteiger partial charge on any atom is -0.442 e. The van der Waals surface area contributed by atoms with Gasteiger partial charge >= 0.3 is 12.2 Å². The highest BCUT2D eigenvalue weighted by molar-refractivity contribution is 5.90. The van der Waals surface area contributed by atoms with Crippen LogP contribution in [-0.2, 0) is 32.8 Å². The summed E-state index contributed by atoms with van der Waals surface area (Å²) in [5.74, 6) is -1.01. The lowest BCUT2D eigenvalue weighted by molar-refractivity contribution is -0.119. The molecule has 4 heterocycles. The van der Waals surface area contributed by atoms with E-state index in [0.717, 1.165) is 12.8 Å². The lowest BCUT2D eigenvalue weighted by Gasteiger charge is -2.18. The average molecular weight is 695 g/mol. The maximum absolute atomic E-state index is 14.5.